The number of phenols is 1. The number of aromatic hydroxyl groups is 1. The third-order valence-corrected chi connectivity index (χ3v) is 6.17. The molecule has 1 aliphatic heterocycles. The molecule has 160 valence electrons. The molecule has 0 radical (unpaired) electrons. The number of nitrogens with zero attached hydrogens (tertiary/aromatic N) is 2. The average molecular weight is 468 g/mol. The van der Waals surface area contributed by atoms with Gasteiger partial charge in [0.2, 0.25) is 0 Å². The Bertz CT molecular complexity index is 1340. The van der Waals surface area contributed by atoms with E-state index in [1.165, 1.54) is 18.2 Å². The Kier molecular flexibility index (Phi) is 5.12. The summed E-state index contributed by atoms with van der Waals surface area (Å²) in [5.74, 6) is -0.663. The van der Waals surface area contributed by atoms with Crippen LogP contribution in [0, 0.1) is 5.82 Å². The predicted molar refractivity (Wildman–Crippen MR) is 120 cm³/mol. The van der Waals surface area contributed by atoms with Crippen LogP contribution in [0.25, 0.3) is 11.3 Å². The van der Waals surface area contributed by atoms with Crippen LogP contribution in [0.1, 0.15) is 33.2 Å². The smallest absolute Gasteiger partial charge is 0.273 e. The first-order valence-electron chi connectivity index (χ1n) is 9.81. The number of fused-ring (bicyclic) bond motifs is 1. The lowest BCUT2D eigenvalue weighted by atomic mass is 9.95. The van der Waals surface area contributed by atoms with E-state index in [-0.39, 0.29) is 24.0 Å². The van der Waals surface area contributed by atoms with Crippen LogP contribution in [0.2, 0.25) is 10.0 Å². The number of aromatic amines is 1. The summed E-state index contributed by atoms with van der Waals surface area (Å²) in [7, 11) is 0. The first-order chi connectivity index (χ1) is 15.4. The highest BCUT2D eigenvalue weighted by atomic mass is 35.5. The molecule has 0 fully saturated rings. The maximum atomic E-state index is 13.7. The quantitative estimate of drug-likeness (QED) is 0.388. The third kappa shape index (κ3) is 3.42. The highest BCUT2D eigenvalue weighted by molar-refractivity contribution is 6.31. The number of aromatic nitrogens is 2. The van der Waals surface area contributed by atoms with Gasteiger partial charge in [-0.25, -0.2) is 4.39 Å². The zero-order chi connectivity index (χ0) is 22.4. The maximum Gasteiger partial charge on any atom is 0.273 e. The van der Waals surface area contributed by atoms with Gasteiger partial charge < -0.3 is 10.0 Å². The summed E-state index contributed by atoms with van der Waals surface area (Å²) < 4.78 is 13.7. The third-order valence-electron chi connectivity index (χ3n) is 5.56. The van der Waals surface area contributed by atoms with Crippen LogP contribution in [0.3, 0.4) is 0 Å². The first kappa shape index (κ1) is 20.5. The number of benzene rings is 3. The Labute approximate surface area is 193 Å². The molecule has 0 saturated heterocycles. The second kappa shape index (κ2) is 7.97. The lowest BCUT2D eigenvalue weighted by Gasteiger charge is -2.27. The Balaban J connectivity index is 1.68. The van der Waals surface area contributed by atoms with Crippen molar-refractivity contribution in [1.82, 2.24) is 15.1 Å². The summed E-state index contributed by atoms with van der Waals surface area (Å²) in [6, 6.07) is 17.3. The number of nitrogens with one attached hydrogen (secondary N) is 1. The number of halogens is 3. The second-order valence-electron chi connectivity index (χ2n) is 7.50. The first-order valence-corrected chi connectivity index (χ1v) is 10.6. The maximum absolute atomic E-state index is 13.7. The van der Waals surface area contributed by atoms with Crippen molar-refractivity contribution >= 4 is 29.1 Å². The summed E-state index contributed by atoms with van der Waals surface area (Å²) in [6.07, 6.45) is 0. The van der Waals surface area contributed by atoms with Crippen molar-refractivity contribution < 1.29 is 14.3 Å². The number of H-pyrrole nitrogens is 1. The molecule has 32 heavy (non-hydrogen) atoms. The lowest BCUT2D eigenvalue weighted by Crippen LogP contribution is -2.29. The van der Waals surface area contributed by atoms with E-state index >= 15 is 0 Å². The van der Waals surface area contributed by atoms with Crippen molar-refractivity contribution in [3.63, 3.8) is 0 Å². The van der Waals surface area contributed by atoms with E-state index in [9.17, 15) is 14.3 Å². The van der Waals surface area contributed by atoms with Gasteiger partial charge in [-0.3, -0.25) is 9.89 Å². The minimum absolute atomic E-state index is 0.0152. The van der Waals surface area contributed by atoms with E-state index in [1.54, 1.807) is 35.2 Å². The number of carbonyl (C=O) groups excluding carboxylic acids is 1. The number of hydrogen-bond acceptors (Lipinski definition) is 3. The second-order valence-corrected chi connectivity index (χ2v) is 8.34. The summed E-state index contributed by atoms with van der Waals surface area (Å²) in [6.45, 7) is 0.240. The normalized spacial score (nSPS) is 15.3. The minimum Gasteiger partial charge on any atom is -0.507 e. The SMILES string of the molecule is O=C1c2[nH]nc(-c3cc(Cl)ccc3O)c2C(c2ccc(F)cc2)N1Cc1ccccc1Cl. The molecule has 8 heteroatoms. The number of carbonyl (C=O) groups is 1. The Morgan fingerprint density at radius 1 is 1.06 bits per heavy atom. The van der Waals surface area contributed by atoms with Gasteiger partial charge in [0.15, 0.2) is 0 Å². The van der Waals surface area contributed by atoms with Crippen molar-refractivity contribution in [2.24, 2.45) is 0 Å². The zero-order valence-electron chi connectivity index (χ0n) is 16.5. The van der Waals surface area contributed by atoms with E-state index in [4.69, 9.17) is 23.2 Å². The fourth-order valence-electron chi connectivity index (χ4n) is 4.06. The fourth-order valence-corrected chi connectivity index (χ4v) is 4.43. The molecular formula is C24H16Cl2FN3O2. The summed E-state index contributed by atoms with van der Waals surface area (Å²) in [5, 5.41) is 18.6. The molecule has 0 spiro atoms. The minimum atomic E-state index is -0.568. The van der Waals surface area contributed by atoms with Gasteiger partial charge in [-0.1, -0.05) is 53.5 Å². The van der Waals surface area contributed by atoms with Crippen molar-refractivity contribution in [2.75, 3.05) is 0 Å². The van der Waals surface area contributed by atoms with E-state index in [0.29, 0.717) is 38.1 Å². The standard InChI is InChI=1S/C24H16Cl2FN3O2/c25-15-7-10-19(31)17(11-15)21-20-22(29-28-21)24(32)30(12-14-3-1-2-4-18(14)26)23(20)13-5-8-16(27)9-6-13/h1-11,23,31H,12H2,(H,28,29). The van der Waals surface area contributed by atoms with Gasteiger partial charge >= 0.3 is 0 Å². The van der Waals surface area contributed by atoms with Crippen molar-refractivity contribution in [1.29, 1.82) is 0 Å². The van der Waals surface area contributed by atoms with Gasteiger partial charge in [0.1, 0.15) is 23.0 Å². The van der Waals surface area contributed by atoms with E-state index in [1.807, 2.05) is 18.2 Å². The highest BCUT2D eigenvalue weighted by Gasteiger charge is 2.42. The number of rotatable bonds is 4. The van der Waals surface area contributed by atoms with Crippen LogP contribution in [0.15, 0.2) is 66.7 Å². The molecule has 4 aromatic rings. The number of amides is 1. The van der Waals surface area contributed by atoms with Crippen LogP contribution >= 0.6 is 23.2 Å². The van der Waals surface area contributed by atoms with Gasteiger partial charge in [-0.15, -0.1) is 0 Å². The Hall–Kier alpha value is -3.35. The lowest BCUT2D eigenvalue weighted by molar-refractivity contribution is 0.0730. The molecule has 5 rings (SSSR count). The van der Waals surface area contributed by atoms with Crippen LogP contribution in [-0.4, -0.2) is 26.1 Å². The average Bonchev–Trinajstić information content (AvgIpc) is 3.32. The van der Waals surface area contributed by atoms with Crippen molar-refractivity contribution in [3.8, 4) is 17.0 Å². The molecule has 2 heterocycles. The Morgan fingerprint density at radius 2 is 1.81 bits per heavy atom. The molecule has 1 aromatic heterocycles. The largest absolute Gasteiger partial charge is 0.507 e. The predicted octanol–water partition coefficient (Wildman–Crippen LogP) is 5.97. The summed E-state index contributed by atoms with van der Waals surface area (Å²) in [5.41, 5.74) is 3.18. The van der Waals surface area contributed by atoms with Crippen molar-refractivity contribution in [2.45, 2.75) is 12.6 Å². The topological polar surface area (TPSA) is 69.2 Å². The van der Waals surface area contributed by atoms with Gasteiger partial charge in [0.25, 0.3) is 5.91 Å². The molecular weight excluding hydrogens is 452 g/mol. The van der Waals surface area contributed by atoms with E-state index < -0.39 is 6.04 Å². The van der Waals surface area contributed by atoms with Crippen LogP contribution in [0.4, 0.5) is 4.39 Å². The Morgan fingerprint density at radius 3 is 2.56 bits per heavy atom. The number of phenolic OH excluding ortho intramolecular Hbond substituents is 1. The van der Waals surface area contributed by atoms with Crippen LogP contribution in [0.5, 0.6) is 5.75 Å². The summed E-state index contributed by atoms with van der Waals surface area (Å²) in [4.78, 5) is 15.1. The monoisotopic (exact) mass is 467 g/mol. The molecule has 5 nitrogen and oxygen atoms in total. The number of hydrogen-bond donors (Lipinski definition) is 2. The van der Waals surface area contributed by atoms with E-state index in [2.05, 4.69) is 10.2 Å². The molecule has 2 N–H and O–H groups in total. The van der Waals surface area contributed by atoms with Gasteiger partial charge in [-0.05, 0) is 47.5 Å². The van der Waals surface area contributed by atoms with Crippen molar-refractivity contribution in [3.05, 3.63) is 105 Å². The molecule has 1 unspecified atom stereocenters. The molecule has 1 amide bonds. The molecule has 0 saturated carbocycles. The zero-order valence-corrected chi connectivity index (χ0v) is 18.0. The summed E-state index contributed by atoms with van der Waals surface area (Å²) >= 11 is 12.5. The van der Waals surface area contributed by atoms with E-state index in [0.717, 1.165) is 5.56 Å². The molecule has 3 aromatic carbocycles. The van der Waals surface area contributed by atoms with Crippen LogP contribution in [-0.2, 0) is 6.54 Å². The fraction of sp³-hybridized carbons (Fsp3) is 0.0833. The molecule has 0 aliphatic carbocycles. The molecule has 0 bridgehead atoms. The van der Waals surface area contributed by atoms with Crippen LogP contribution < -0.4 is 0 Å². The van der Waals surface area contributed by atoms with Gasteiger partial charge in [0.05, 0.1) is 6.04 Å². The van der Waals surface area contributed by atoms with Gasteiger partial charge in [-0.2, -0.15) is 5.10 Å². The molecule has 1 atom stereocenters. The van der Waals surface area contributed by atoms with Gasteiger partial charge in [0, 0.05) is 27.7 Å². The molecule has 1 aliphatic rings. The highest BCUT2D eigenvalue weighted by Crippen LogP contribution is 2.45.